The Labute approximate surface area is 92.6 Å². The third kappa shape index (κ3) is 1.66. The fraction of sp³-hybridized carbons (Fsp3) is 0.778. The molecule has 1 fully saturated rings. The van der Waals surface area contributed by atoms with Gasteiger partial charge in [-0.15, -0.1) is 0 Å². The van der Waals surface area contributed by atoms with Crippen molar-refractivity contribution in [2.24, 2.45) is 5.92 Å². The van der Waals surface area contributed by atoms with E-state index in [0.29, 0.717) is 17.1 Å². The van der Waals surface area contributed by atoms with Gasteiger partial charge in [0.15, 0.2) is 0 Å². The van der Waals surface area contributed by atoms with Crippen molar-refractivity contribution in [1.29, 1.82) is 0 Å². The second-order valence-electron chi connectivity index (χ2n) is 3.83. The number of ether oxygens (including phenoxy) is 1. The van der Waals surface area contributed by atoms with Gasteiger partial charge in [-0.2, -0.15) is 4.37 Å². The lowest BCUT2D eigenvalue weighted by Gasteiger charge is -2.14. The quantitative estimate of drug-likeness (QED) is 0.747. The highest BCUT2D eigenvalue weighted by molar-refractivity contribution is 7.05. The number of hydrogen-bond donors (Lipinski definition) is 0. The molecule has 0 spiro atoms. The molecule has 0 N–H and O–H groups in total. The molecule has 0 saturated carbocycles. The van der Waals surface area contributed by atoms with Crippen molar-refractivity contribution >= 4 is 23.1 Å². The molecule has 0 aromatic carbocycles. The van der Waals surface area contributed by atoms with Gasteiger partial charge < -0.3 is 4.74 Å². The Hall–Kier alpha value is -0.190. The number of hydrogen-bond acceptors (Lipinski definition) is 4. The molecule has 1 aliphatic rings. The molecule has 1 aromatic heterocycles. The van der Waals surface area contributed by atoms with Gasteiger partial charge in [0, 0.05) is 5.92 Å². The predicted molar refractivity (Wildman–Crippen MR) is 56.8 cm³/mol. The standard InChI is InChI=1S/C9H13ClN2OS/c1-4-5(2)13-6(3)7(4)8-11-9(10)12-14-8/h4-7H,1-3H3. The molecule has 3 nitrogen and oxygen atoms in total. The molecule has 5 heteroatoms. The lowest BCUT2D eigenvalue weighted by atomic mass is 9.90. The fourth-order valence-electron chi connectivity index (χ4n) is 2.04. The maximum Gasteiger partial charge on any atom is 0.234 e. The topological polar surface area (TPSA) is 35.0 Å². The fourth-order valence-corrected chi connectivity index (χ4v) is 3.15. The van der Waals surface area contributed by atoms with Crippen LogP contribution in [0.2, 0.25) is 5.28 Å². The van der Waals surface area contributed by atoms with Crippen molar-refractivity contribution in [3.8, 4) is 0 Å². The van der Waals surface area contributed by atoms with Gasteiger partial charge in [0.2, 0.25) is 5.28 Å². The number of nitrogens with zero attached hydrogens (tertiary/aromatic N) is 2. The van der Waals surface area contributed by atoms with Gasteiger partial charge in [0.1, 0.15) is 5.01 Å². The maximum atomic E-state index is 5.75. The third-order valence-electron chi connectivity index (χ3n) is 2.94. The van der Waals surface area contributed by atoms with Gasteiger partial charge in [-0.05, 0) is 42.9 Å². The van der Waals surface area contributed by atoms with Crippen LogP contribution in [-0.2, 0) is 4.74 Å². The van der Waals surface area contributed by atoms with Crippen molar-refractivity contribution in [2.75, 3.05) is 0 Å². The van der Waals surface area contributed by atoms with Crippen molar-refractivity contribution in [3.05, 3.63) is 10.3 Å². The van der Waals surface area contributed by atoms with Crippen LogP contribution in [0.5, 0.6) is 0 Å². The molecule has 0 amide bonds. The zero-order valence-electron chi connectivity index (χ0n) is 8.40. The normalized spacial score (nSPS) is 37.7. The van der Waals surface area contributed by atoms with E-state index in [1.54, 1.807) is 0 Å². The Morgan fingerprint density at radius 3 is 2.43 bits per heavy atom. The first-order valence-corrected chi connectivity index (χ1v) is 5.89. The number of rotatable bonds is 1. The molecule has 4 atom stereocenters. The van der Waals surface area contributed by atoms with Gasteiger partial charge in [-0.3, -0.25) is 0 Å². The Morgan fingerprint density at radius 1 is 1.29 bits per heavy atom. The van der Waals surface area contributed by atoms with E-state index in [0.717, 1.165) is 5.01 Å². The molecule has 78 valence electrons. The molecule has 4 unspecified atom stereocenters. The molecular weight excluding hydrogens is 220 g/mol. The van der Waals surface area contributed by atoms with E-state index in [-0.39, 0.29) is 12.2 Å². The van der Waals surface area contributed by atoms with Gasteiger partial charge in [-0.25, -0.2) is 4.98 Å². The van der Waals surface area contributed by atoms with Crippen LogP contribution < -0.4 is 0 Å². The van der Waals surface area contributed by atoms with Gasteiger partial charge in [-0.1, -0.05) is 6.92 Å². The van der Waals surface area contributed by atoms with Crippen molar-refractivity contribution in [2.45, 2.75) is 38.9 Å². The third-order valence-corrected chi connectivity index (χ3v) is 4.03. The van der Waals surface area contributed by atoms with Crippen molar-refractivity contribution < 1.29 is 4.74 Å². The molecular formula is C9H13ClN2OS. The average Bonchev–Trinajstić information content (AvgIpc) is 2.60. The number of aromatic nitrogens is 2. The van der Waals surface area contributed by atoms with E-state index in [1.807, 2.05) is 0 Å². The van der Waals surface area contributed by atoms with E-state index in [2.05, 4.69) is 30.1 Å². The van der Waals surface area contributed by atoms with Crippen LogP contribution in [0, 0.1) is 5.92 Å². The minimum absolute atomic E-state index is 0.212. The molecule has 0 bridgehead atoms. The zero-order chi connectivity index (χ0) is 10.3. The summed E-state index contributed by atoms with van der Waals surface area (Å²) in [5.74, 6) is 0.823. The summed E-state index contributed by atoms with van der Waals surface area (Å²) in [4.78, 5) is 4.22. The summed E-state index contributed by atoms with van der Waals surface area (Å²) in [6.45, 7) is 6.37. The molecule has 2 heterocycles. The van der Waals surface area contributed by atoms with Crippen LogP contribution in [0.15, 0.2) is 0 Å². The summed E-state index contributed by atoms with van der Waals surface area (Å²) < 4.78 is 9.74. The predicted octanol–water partition coefficient (Wildman–Crippen LogP) is 2.72. The highest BCUT2D eigenvalue weighted by Gasteiger charge is 2.39. The minimum atomic E-state index is 0.212. The largest absolute Gasteiger partial charge is 0.375 e. The number of halogens is 1. The lowest BCUT2D eigenvalue weighted by molar-refractivity contribution is 0.0557. The monoisotopic (exact) mass is 232 g/mol. The van der Waals surface area contributed by atoms with E-state index < -0.39 is 0 Å². The maximum absolute atomic E-state index is 5.75. The van der Waals surface area contributed by atoms with Crippen LogP contribution in [0.25, 0.3) is 0 Å². The summed E-state index contributed by atoms with van der Waals surface area (Å²) in [5.41, 5.74) is 0. The summed E-state index contributed by atoms with van der Waals surface area (Å²) in [6.07, 6.45) is 0.502. The van der Waals surface area contributed by atoms with Crippen molar-refractivity contribution in [1.82, 2.24) is 9.36 Å². The molecule has 0 radical (unpaired) electrons. The molecule has 14 heavy (non-hydrogen) atoms. The molecule has 1 aliphatic heterocycles. The Bertz CT molecular complexity index is 330. The van der Waals surface area contributed by atoms with E-state index in [4.69, 9.17) is 16.3 Å². The first-order valence-electron chi connectivity index (χ1n) is 4.74. The van der Waals surface area contributed by atoms with Crippen LogP contribution >= 0.6 is 23.1 Å². The zero-order valence-corrected chi connectivity index (χ0v) is 9.97. The van der Waals surface area contributed by atoms with Crippen LogP contribution in [0.3, 0.4) is 0 Å². The average molecular weight is 233 g/mol. The second-order valence-corrected chi connectivity index (χ2v) is 4.95. The van der Waals surface area contributed by atoms with E-state index in [9.17, 15) is 0 Å². The summed E-state index contributed by atoms with van der Waals surface area (Å²) in [7, 11) is 0. The van der Waals surface area contributed by atoms with Crippen LogP contribution in [0.1, 0.15) is 31.7 Å². The first-order chi connectivity index (χ1) is 6.59. The van der Waals surface area contributed by atoms with Gasteiger partial charge in [0.05, 0.1) is 12.2 Å². The van der Waals surface area contributed by atoms with Crippen LogP contribution in [0.4, 0.5) is 0 Å². The second kappa shape index (κ2) is 3.76. The smallest absolute Gasteiger partial charge is 0.234 e. The van der Waals surface area contributed by atoms with E-state index >= 15 is 0 Å². The Balaban J connectivity index is 2.25. The summed E-state index contributed by atoms with van der Waals surface area (Å²) in [6, 6.07) is 0. The molecule has 1 saturated heterocycles. The van der Waals surface area contributed by atoms with Crippen molar-refractivity contribution in [3.63, 3.8) is 0 Å². The highest BCUT2D eigenvalue weighted by atomic mass is 35.5. The van der Waals surface area contributed by atoms with Crippen LogP contribution in [-0.4, -0.2) is 21.6 Å². The Morgan fingerprint density at radius 2 is 2.00 bits per heavy atom. The molecule has 0 aliphatic carbocycles. The molecule has 2 rings (SSSR count). The van der Waals surface area contributed by atoms with Gasteiger partial charge in [0.25, 0.3) is 0 Å². The summed E-state index contributed by atoms with van der Waals surface area (Å²) in [5, 5.41) is 1.35. The lowest BCUT2D eigenvalue weighted by Crippen LogP contribution is -2.14. The SMILES string of the molecule is CC1OC(C)C(c2nc(Cl)ns2)C1C. The van der Waals surface area contributed by atoms with E-state index in [1.165, 1.54) is 11.5 Å². The molecule has 1 aromatic rings. The first kappa shape index (κ1) is 10.3. The highest BCUT2D eigenvalue weighted by Crippen LogP contribution is 2.40. The Kier molecular flexibility index (Phi) is 2.77. The minimum Gasteiger partial charge on any atom is -0.375 e. The summed E-state index contributed by atoms with van der Waals surface area (Å²) >= 11 is 7.10. The van der Waals surface area contributed by atoms with Gasteiger partial charge >= 0.3 is 0 Å².